The molecule has 92 valence electrons. The van der Waals surface area contributed by atoms with Gasteiger partial charge in [0.15, 0.2) is 0 Å². The third-order valence-electron chi connectivity index (χ3n) is 1.99. The monoisotopic (exact) mass is 300 g/mol. The fourth-order valence-electron chi connectivity index (χ4n) is 1.18. The van der Waals surface area contributed by atoms with E-state index in [2.05, 4.69) is 9.97 Å². The zero-order valence-corrected chi connectivity index (χ0v) is 11.1. The van der Waals surface area contributed by atoms with Crippen LogP contribution in [0.25, 0.3) is 0 Å². The lowest BCUT2D eigenvalue weighted by Crippen LogP contribution is -1.99. The number of carbonyl (C=O) groups is 1. The Kier molecular flexibility index (Phi) is 4.06. The Morgan fingerprint density at radius 1 is 1.22 bits per heavy atom. The van der Waals surface area contributed by atoms with Crippen LogP contribution >= 0.6 is 35.0 Å². The molecule has 0 bridgehead atoms. The summed E-state index contributed by atoms with van der Waals surface area (Å²) < 4.78 is 0. The lowest BCUT2D eigenvalue weighted by molar-refractivity contribution is 0.0696. The van der Waals surface area contributed by atoms with Gasteiger partial charge in [-0.2, -0.15) is 0 Å². The standard InChI is InChI=1S/C11H6Cl2N2O2S/c12-6-1-2-8(15-5-6)18-10-9(13)7(11(16)17)3-4-14-10/h1-5H,(H,16,17). The van der Waals surface area contributed by atoms with E-state index in [4.69, 9.17) is 28.3 Å². The number of pyridine rings is 2. The first-order valence-corrected chi connectivity index (χ1v) is 6.32. The van der Waals surface area contributed by atoms with E-state index < -0.39 is 5.97 Å². The van der Waals surface area contributed by atoms with Crippen molar-refractivity contribution in [1.82, 2.24) is 9.97 Å². The van der Waals surface area contributed by atoms with E-state index in [1.54, 1.807) is 12.1 Å². The molecule has 2 aromatic rings. The van der Waals surface area contributed by atoms with Crippen LogP contribution in [0, 0.1) is 0 Å². The van der Waals surface area contributed by atoms with E-state index in [1.807, 2.05) is 0 Å². The van der Waals surface area contributed by atoms with Crippen LogP contribution < -0.4 is 0 Å². The van der Waals surface area contributed by atoms with Gasteiger partial charge in [-0.1, -0.05) is 23.2 Å². The zero-order valence-electron chi connectivity index (χ0n) is 8.80. The lowest BCUT2D eigenvalue weighted by atomic mass is 10.3. The zero-order chi connectivity index (χ0) is 13.1. The minimum absolute atomic E-state index is 0.0168. The Labute approximate surface area is 117 Å². The molecule has 0 atom stereocenters. The molecule has 0 aliphatic carbocycles. The second kappa shape index (κ2) is 5.56. The summed E-state index contributed by atoms with van der Waals surface area (Å²) in [6.07, 6.45) is 2.90. The molecule has 2 aromatic heterocycles. The molecular formula is C11H6Cl2N2O2S. The van der Waals surface area contributed by atoms with Crippen LogP contribution in [0.2, 0.25) is 10.0 Å². The predicted molar refractivity (Wildman–Crippen MR) is 69.6 cm³/mol. The molecule has 18 heavy (non-hydrogen) atoms. The number of halogens is 2. The summed E-state index contributed by atoms with van der Waals surface area (Å²) in [6, 6.07) is 4.74. The molecule has 4 nitrogen and oxygen atoms in total. The van der Waals surface area contributed by atoms with Crippen molar-refractivity contribution in [3.8, 4) is 0 Å². The Morgan fingerprint density at radius 3 is 2.61 bits per heavy atom. The molecular weight excluding hydrogens is 295 g/mol. The number of aromatic nitrogens is 2. The maximum absolute atomic E-state index is 10.9. The number of hydrogen-bond acceptors (Lipinski definition) is 4. The van der Waals surface area contributed by atoms with Gasteiger partial charge >= 0.3 is 5.97 Å². The topological polar surface area (TPSA) is 63.1 Å². The van der Waals surface area contributed by atoms with Gasteiger partial charge in [-0.15, -0.1) is 0 Å². The maximum Gasteiger partial charge on any atom is 0.337 e. The minimum Gasteiger partial charge on any atom is -0.478 e. The summed E-state index contributed by atoms with van der Waals surface area (Å²) in [5.41, 5.74) is 0.0168. The number of carboxylic acid groups (broad SMARTS) is 1. The third kappa shape index (κ3) is 2.93. The summed E-state index contributed by atoms with van der Waals surface area (Å²) in [7, 11) is 0. The van der Waals surface area contributed by atoms with Gasteiger partial charge < -0.3 is 5.11 Å². The highest BCUT2D eigenvalue weighted by molar-refractivity contribution is 7.99. The van der Waals surface area contributed by atoms with Crippen molar-refractivity contribution in [3.05, 3.63) is 46.2 Å². The first-order valence-electron chi connectivity index (χ1n) is 4.75. The number of nitrogens with zero attached hydrogens (tertiary/aromatic N) is 2. The van der Waals surface area contributed by atoms with Crippen molar-refractivity contribution in [3.63, 3.8) is 0 Å². The van der Waals surface area contributed by atoms with Crippen LogP contribution in [0.3, 0.4) is 0 Å². The van der Waals surface area contributed by atoms with Gasteiger partial charge in [-0.05, 0) is 30.0 Å². The number of carboxylic acids is 1. The van der Waals surface area contributed by atoms with E-state index in [0.29, 0.717) is 15.1 Å². The van der Waals surface area contributed by atoms with Crippen LogP contribution in [0.4, 0.5) is 0 Å². The molecule has 0 spiro atoms. The predicted octanol–water partition coefficient (Wildman–Crippen LogP) is 3.63. The Balaban J connectivity index is 2.32. The smallest absolute Gasteiger partial charge is 0.337 e. The van der Waals surface area contributed by atoms with Crippen molar-refractivity contribution in [2.75, 3.05) is 0 Å². The van der Waals surface area contributed by atoms with Crippen LogP contribution in [-0.4, -0.2) is 21.0 Å². The SMILES string of the molecule is O=C(O)c1ccnc(Sc2ccc(Cl)cn2)c1Cl. The Hall–Kier alpha value is -1.30. The lowest BCUT2D eigenvalue weighted by Gasteiger charge is -2.04. The first-order chi connectivity index (χ1) is 8.58. The quantitative estimate of drug-likeness (QED) is 0.937. The van der Waals surface area contributed by atoms with Crippen molar-refractivity contribution < 1.29 is 9.90 Å². The van der Waals surface area contributed by atoms with Crippen LogP contribution in [0.1, 0.15) is 10.4 Å². The molecule has 2 heterocycles. The number of hydrogen-bond donors (Lipinski definition) is 1. The second-order valence-electron chi connectivity index (χ2n) is 3.20. The van der Waals surface area contributed by atoms with Gasteiger partial charge in [0.2, 0.25) is 0 Å². The van der Waals surface area contributed by atoms with Crippen molar-refractivity contribution in [2.45, 2.75) is 10.1 Å². The third-order valence-corrected chi connectivity index (χ3v) is 3.66. The maximum atomic E-state index is 10.9. The first kappa shape index (κ1) is 13.1. The van der Waals surface area contributed by atoms with Crippen LogP contribution in [-0.2, 0) is 0 Å². The summed E-state index contributed by atoms with van der Waals surface area (Å²) in [6.45, 7) is 0. The summed E-state index contributed by atoms with van der Waals surface area (Å²) in [5, 5.41) is 10.6. The highest BCUT2D eigenvalue weighted by Gasteiger charge is 2.14. The fraction of sp³-hybridized carbons (Fsp3) is 0. The van der Waals surface area contributed by atoms with E-state index in [9.17, 15) is 4.79 Å². The van der Waals surface area contributed by atoms with Gasteiger partial charge in [0, 0.05) is 12.4 Å². The average Bonchev–Trinajstić information content (AvgIpc) is 2.34. The molecule has 0 aliphatic rings. The van der Waals surface area contributed by atoms with Gasteiger partial charge in [-0.25, -0.2) is 14.8 Å². The van der Waals surface area contributed by atoms with Crippen molar-refractivity contribution >= 4 is 40.9 Å². The van der Waals surface area contributed by atoms with Gasteiger partial charge in [0.25, 0.3) is 0 Å². The molecule has 0 aliphatic heterocycles. The number of rotatable bonds is 3. The molecule has 0 aromatic carbocycles. The summed E-state index contributed by atoms with van der Waals surface area (Å²) >= 11 is 12.9. The molecule has 0 amide bonds. The van der Waals surface area contributed by atoms with E-state index >= 15 is 0 Å². The second-order valence-corrected chi connectivity index (χ2v) is 5.02. The highest BCUT2D eigenvalue weighted by atomic mass is 35.5. The minimum atomic E-state index is -1.09. The van der Waals surface area contributed by atoms with Gasteiger partial charge in [-0.3, -0.25) is 0 Å². The van der Waals surface area contributed by atoms with Crippen LogP contribution in [0.5, 0.6) is 0 Å². The van der Waals surface area contributed by atoms with Crippen LogP contribution in [0.15, 0.2) is 40.6 Å². The fourth-order valence-corrected chi connectivity index (χ4v) is 2.36. The van der Waals surface area contributed by atoms with Crippen molar-refractivity contribution in [1.29, 1.82) is 0 Å². The van der Waals surface area contributed by atoms with E-state index in [0.717, 1.165) is 0 Å². The Bertz CT molecular complexity index is 590. The highest BCUT2D eigenvalue weighted by Crippen LogP contribution is 2.32. The molecule has 0 unspecified atom stereocenters. The van der Waals surface area contributed by atoms with Crippen molar-refractivity contribution in [2.24, 2.45) is 0 Å². The van der Waals surface area contributed by atoms with E-state index in [-0.39, 0.29) is 10.6 Å². The molecule has 1 N–H and O–H groups in total. The summed E-state index contributed by atoms with van der Waals surface area (Å²) in [4.78, 5) is 19.0. The molecule has 0 radical (unpaired) electrons. The van der Waals surface area contributed by atoms with Gasteiger partial charge in [0.1, 0.15) is 10.1 Å². The average molecular weight is 301 g/mol. The molecule has 0 saturated heterocycles. The molecule has 2 rings (SSSR count). The molecule has 0 fully saturated rings. The Morgan fingerprint density at radius 2 is 2.00 bits per heavy atom. The van der Waals surface area contributed by atoms with E-state index in [1.165, 1.54) is 30.2 Å². The largest absolute Gasteiger partial charge is 0.478 e. The normalized spacial score (nSPS) is 10.3. The number of aromatic carboxylic acids is 1. The molecule has 7 heteroatoms. The van der Waals surface area contributed by atoms with Gasteiger partial charge in [0.05, 0.1) is 15.6 Å². The summed E-state index contributed by atoms with van der Waals surface area (Å²) in [5.74, 6) is -1.09. The molecule has 0 saturated carbocycles.